The second kappa shape index (κ2) is 9.78. The summed E-state index contributed by atoms with van der Waals surface area (Å²) in [7, 11) is 0. The van der Waals surface area contributed by atoms with E-state index in [-0.39, 0.29) is 6.61 Å². The van der Waals surface area contributed by atoms with Gasteiger partial charge in [0.2, 0.25) is 0 Å². The predicted octanol–water partition coefficient (Wildman–Crippen LogP) is 4.48. The number of nitrogens with zero attached hydrogens (tertiary/aromatic N) is 2. The van der Waals surface area contributed by atoms with Crippen molar-refractivity contribution in [2.45, 2.75) is 0 Å². The molecule has 0 radical (unpaired) electrons. The maximum atomic E-state index is 12.2. The number of para-hydroxylation sites is 1. The lowest BCUT2D eigenvalue weighted by molar-refractivity contribution is 0.0556. The minimum absolute atomic E-state index is 0.00488. The SMILES string of the molecule is O=C(OCC#Cc1cnn(-c2ccccc2)c1)c1ccc(C#Cc2ccccc2)cc1. The van der Waals surface area contributed by atoms with E-state index in [4.69, 9.17) is 4.74 Å². The van der Waals surface area contributed by atoms with Gasteiger partial charge in [-0.15, -0.1) is 0 Å². The molecule has 0 bridgehead atoms. The van der Waals surface area contributed by atoms with Crippen LogP contribution in [-0.2, 0) is 4.74 Å². The maximum Gasteiger partial charge on any atom is 0.339 e. The first-order chi connectivity index (χ1) is 15.3. The summed E-state index contributed by atoms with van der Waals surface area (Å²) in [5.74, 6) is 11.5. The van der Waals surface area contributed by atoms with Gasteiger partial charge in [-0.2, -0.15) is 5.10 Å². The van der Waals surface area contributed by atoms with E-state index in [1.54, 1.807) is 35.1 Å². The molecule has 4 heteroatoms. The van der Waals surface area contributed by atoms with Gasteiger partial charge in [-0.25, -0.2) is 9.48 Å². The van der Waals surface area contributed by atoms with Crippen LogP contribution in [0.3, 0.4) is 0 Å². The van der Waals surface area contributed by atoms with Crippen molar-refractivity contribution in [3.8, 4) is 29.4 Å². The molecule has 0 spiro atoms. The Morgan fingerprint density at radius 3 is 2.13 bits per heavy atom. The fraction of sp³-hybridized carbons (Fsp3) is 0.0370. The lowest BCUT2D eigenvalue weighted by atomic mass is 10.1. The molecule has 0 aliphatic heterocycles. The summed E-state index contributed by atoms with van der Waals surface area (Å²) in [6.07, 6.45) is 3.51. The third-order valence-electron chi connectivity index (χ3n) is 4.36. The van der Waals surface area contributed by atoms with Crippen molar-refractivity contribution in [3.63, 3.8) is 0 Å². The Kier molecular flexibility index (Phi) is 6.24. The van der Waals surface area contributed by atoms with E-state index in [2.05, 4.69) is 28.8 Å². The van der Waals surface area contributed by atoms with Crippen LogP contribution in [0.4, 0.5) is 0 Å². The van der Waals surface area contributed by atoms with Crippen LogP contribution in [0.5, 0.6) is 0 Å². The van der Waals surface area contributed by atoms with E-state index in [0.29, 0.717) is 5.56 Å². The van der Waals surface area contributed by atoms with Gasteiger partial charge in [0.1, 0.15) is 0 Å². The largest absolute Gasteiger partial charge is 0.449 e. The lowest BCUT2D eigenvalue weighted by Crippen LogP contribution is -2.05. The number of ether oxygens (including phenoxy) is 1. The van der Waals surface area contributed by atoms with Gasteiger partial charge in [0.05, 0.1) is 23.0 Å². The van der Waals surface area contributed by atoms with Crippen molar-refractivity contribution in [1.82, 2.24) is 9.78 Å². The number of rotatable bonds is 3. The number of hydrogen-bond acceptors (Lipinski definition) is 3. The minimum atomic E-state index is -0.420. The van der Waals surface area contributed by atoms with Gasteiger partial charge in [-0.3, -0.25) is 0 Å². The van der Waals surface area contributed by atoms with Crippen LogP contribution < -0.4 is 0 Å². The Bertz CT molecular complexity index is 1280. The monoisotopic (exact) mass is 402 g/mol. The van der Waals surface area contributed by atoms with Crippen molar-refractivity contribution in [2.24, 2.45) is 0 Å². The van der Waals surface area contributed by atoms with Crippen LogP contribution in [0.25, 0.3) is 5.69 Å². The van der Waals surface area contributed by atoms with Crippen LogP contribution in [0.1, 0.15) is 27.0 Å². The van der Waals surface area contributed by atoms with E-state index in [1.165, 1.54) is 0 Å². The number of benzene rings is 3. The molecule has 0 saturated heterocycles. The highest BCUT2D eigenvalue weighted by molar-refractivity contribution is 5.89. The summed E-state index contributed by atoms with van der Waals surface area (Å²) in [5, 5.41) is 4.29. The average molecular weight is 402 g/mol. The predicted molar refractivity (Wildman–Crippen MR) is 120 cm³/mol. The van der Waals surface area contributed by atoms with Gasteiger partial charge < -0.3 is 4.74 Å². The third-order valence-corrected chi connectivity index (χ3v) is 4.36. The quantitative estimate of drug-likeness (QED) is 0.375. The van der Waals surface area contributed by atoms with Crippen molar-refractivity contribution in [2.75, 3.05) is 6.61 Å². The molecule has 0 fully saturated rings. The molecule has 0 atom stereocenters. The summed E-state index contributed by atoms with van der Waals surface area (Å²) < 4.78 is 6.98. The molecule has 1 aromatic heterocycles. The Labute approximate surface area is 181 Å². The number of hydrogen-bond donors (Lipinski definition) is 0. The summed E-state index contributed by atoms with van der Waals surface area (Å²) in [6.45, 7) is 0.00488. The second-order valence-electron chi connectivity index (χ2n) is 6.58. The number of carbonyl (C=O) groups excluding carboxylic acids is 1. The molecule has 0 amide bonds. The molecule has 0 aliphatic rings. The Hall–Kier alpha value is -4.54. The standard InChI is InChI=1S/C27H18N2O2/c30-27(25-17-15-23(16-18-25)14-13-22-8-3-1-4-9-22)31-19-7-10-24-20-28-29(21-24)26-11-5-2-6-12-26/h1-6,8-9,11-12,15-18,20-21H,19H2. The fourth-order valence-electron chi connectivity index (χ4n) is 2.79. The Balaban J connectivity index is 1.31. The lowest BCUT2D eigenvalue weighted by Gasteiger charge is -2.00. The van der Waals surface area contributed by atoms with Gasteiger partial charge in [-0.1, -0.05) is 60.1 Å². The van der Waals surface area contributed by atoms with Gasteiger partial charge in [0.25, 0.3) is 0 Å². The van der Waals surface area contributed by atoms with E-state index in [9.17, 15) is 4.79 Å². The van der Waals surface area contributed by atoms with Crippen molar-refractivity contribution < 1.29 is 9.53 Å². The van der Waals surface area contributed by atoms with Crippen molar-refractivity contribution in [3.05, 3.63) is 120 Å². The minimum Gasteiger partial charge on any atom is -0.449 e. The van der Waals surface area contributed by atoms with Gasteiger partial charge in [-0.05, 0) is 48.5 Å². The fourth-order valence-corrected chi connectivity index (χ4v) is 2.79. The zero-order chi connectivity index (χ0) is 21.3. The molecule has 148 valence electrons. The highest BCUT2D eigenvalue weighted by atomic mass is 16.5. The average Bonchev–Trinajstić information content (AvgIpc) is 3.31. The van der Waals surface area contributed by atoms with E-state index in [1.807, 2.05) is 66.9 Å². The van der Waals surface area contributed by atoms with E-state index < -0.39 is 5.97 Å². The van der Waals surface area contributed by atoms with Gasteiger partial charge >= 0.3 is 5.97 Å². The number of esters is 1. The topological polar surface area (TPSA) is 44.1 Å². The summed E-state index contributed by atoms with van der Waals surface area (Å²) >= 11 is 0. The molecule has 3 aromatic carbocycles. The summed E-state index contributed by atoms with van der Waals surface area (Å²) in [5.41, 5.74) is 3.94. The highest BCUT2D eigenvalue weighted by Crippen LogP contribution is 2.07. The molecule has 0 aliphatic carbocycles. The first-order valence-electron chi connectivity index (χ1n) is 9.71. The number of carbonyl (C=O) groups is 1. The van der Waals surface area contributed by atoms with Gasteiger partial charge in [0.15, 0.2) is 6.61 Å². The number of aromatic nitrogens is 2. The van der Waals surface area contributed by atoms with Crippen LogP contribution in [0, 0.1) is 23.7 Å². The first-order valence-corrected chi connectivity index (χ1v) is 9.71. The molecular weight excluding hydrogens is 384 g/mol. The van der Waals surface area contributed by atoms with Crippen LogP contribution in [-0.4, -0.2) is 22.4 Å². The molecule has 4 rings (SSSR count). The van der Waals surface area contributed by atoms with E-state index >= 15 is 0 Å². The smallest absolute Gasteiger partial charge is 0.339 e. The Morgan fingerprint density at radius 1 is 0.774 bits per heavy atom. The summed E-state index contributed by atoms with van der Waals surface area (Å²) in [6, 6.07) is 26.5. The first kappa shape index (κ1) is 19.8. The van der Waals surface area contributed by atoms with Crippen molar-refractivity contribution in [1.29, 1.82) is 0 Å². The Morgan fingerprint density at radius 2 is 1.42 bits per heavy atom. The second-order valence-corrected chi connectivity index (χ2v) is 6.58. The van der Waals surface area contributed by atoms with Gasteiger partial charge in [0, 0.05) is 17.3 Å². The van der Waals surface area contributed by atoms with Crippen LogP contribution in [0.15, 0.2) is 97.3 Å². The van der Waals surface area contributed by atoms with E-state index in [0.717, 1.165) is 22.4 Å². The molecule has 0 unspecified atom stereocenters. The molecule has 4 nitrogen and oxygen atoms in total. The highest BCUT2D eigenvalue weighted by Gasteiger charge is 2.05. The molecule has 4 aromatic rings. The molecule has 0 saturated carbocycles. The normalized spacial score (nSPS) is 9.68. The van der Waals surface area contributed by atoms with Crippen LogP contribution in [0.2, 0.25) is 0 Å². The zero-order valence-electron chi connectivity index (χ0n) is 16.7. The summed E-state index contributed by atoms with van der Waals surface area (Å²) in [4.78, 5) is 12.2. The maximum absolute atomic E-state index is 12.2. The molecular formula is C27H18N2O2. The zero-order valence-corrected chi connectivity index (χ0v) is 16.7. The van der Waals surface area contributed by atoms with Crippen molar-refractivity contribution >= 4 is 5.97 Å². The molecule has 1 heterocycles. The third kappa shape index (κ3) is 5.50. The van der Waals surface area contributed by atoms with Crippen LogP contribution >= 0.6 is 0 Å². The molecule has 0 N–H and O–H groups in total. The molecule has 31 heavy (non-hydrogen) atoms.